The highest BCUT2D eigenvalue weighted by molar-refractivity contribution is 9.10. The standard InChI is InChI=1S/C13H13BrF2N/c1-4-6-17(7-5-2)11-8-10(14)13(16)12(15)9(11)3/h4-5H,1-2,6-7H2,3H3. The lowest BCUT2D eigenvalue weighted by Crippen LogP contribution is -2.24. The minimum absolute atomic E-state index is 0.00581. The molecule has 1 rings (SSSR count). The van der Waals surface area contributed by atoms with Gasteiger partial charge in [0.1, 0.15) is 0 Å². The highest BCUT2D eigenvalue weighted by Crippen LogP contribution is 2.29. The van der Waals surface area contributed by atoms with E-state index in [1.807, 2.05) is 4.90 Å². The van der Waals surface area contributed by atoms with Crippen LogP contribution in [-0.4, -0.2) is 13.1 Å². The van der Waals surface area contributed by atoms with Gasteiger partial charge in [-0.05, 0) is 22.9 Å². The van der Waals surface area contributed by atoms with Crippen LogP contribution in [-0.2, 0) is 0 Å². The molecule has 0 fully saturated rings. The molecule has 1 nitrogen and oxygen atoms in total. The van der Waals surface area contributed by atoms with E-state index >= 15 is 0 Å². The number of hydrogen-bond acceptors (Lipinski definition) is 1. The Kier molecular flexibility index (Phi) is 4.87. The molecule has 1 aromatic carbocycles. The molecular weight excluding hydrogens is 288 g/mol. The molecule has 0 saturated heterocycles. The molecular formula is C13H13BrF2N. The summed E-state index contributed by atoms with van der Waals surface area (Å²) in [5, 5.41) is 0. The second-order valence-electron chi connectivity index (χ2n) is 3.52. The summed E-state index contributed by atoms with van der Waals surface area (Å²) >= 11 is 2.95. The molecule has 0 bridgehead atoms. The van der Waals surface area contributed by atoms with Crippen LogP contribution in [0.4, 0.5) is 14.5 Å². The molecule has 0 aliphatic rings. The van der Waals surface area contributed by atoms with Crippen LogP contribution in [0.25, 0.3) is 0 Å². The predicted octanol–water partition coefficient (Wildman–Crippen LogP) is 4.01. The molecule has 0 atom stereocenters. The van der Waals surface area contributed by atoms with Crippen LogP contribution in [0, 0.1) is 24.6 Å². The van der Waals surface area contributed by atoms with Crippen molar-refractivity contribution in [1.82, 2.24) is 0 Å². The van der Waals surface area contributed by atoms with Crippen molar-refractivity contribution < 1.29 is 8.78 Å². The van der Waals surface area contributed by atoms with Crippen LogP contribution in [0.2, 0.25) is 0 Å². The van der Waals surface area contributed by atoms with Gasteiger partial charge in [-0.15, -0.1) is 13.2 Å². The van der Waals surface area contributed by atoms with Gasteiger partial charge in [-0.1, -0.05) is 12.2 Å². The van der Waals surface area contributed by atoms with Crippen molar-refractivity contribution in [2.45, 2.75) is 6.92 Å². The highest BCUT2D eigenvalue weighted by Gasteiger charge is 2.17. The van der Waals surface area contributed by atoms with Gasteiger partial charge < -0.3 is 4.90 Å². The molecule has 0 N–H and O–H groups in total. The first-order chi connectivity index (χ1) is 8.02. The molecule has 17 heavy (non-hydrogen) atoms. The van der Waals surface area contributed by atoms with E-state index in [0.29, 0.717) is 18.8 Å². The van der Waals surface area contributed by atoms with Crippen molar-refractivity contribution >= 4 is 21.6 Å². The summed E-state index contributed by atoms with van der Waals surface area (Å²) in [6, 6.07) is 2.79. The third kappa shape index (κ3) is 2.94. The van der Waals surface area contributed by atoms with E-state index in [-0.39, 0.29) is 10.0 Å². The second-order valence-corrected chi connectivity index (χ2v) is 4.32. The van der Waals surface area contributed by atoms with Crippen LogP contribution in [0.5, 0.6) is 0 Å². The first-order valence-corrected chi connectivity index (χ1v) is 5.85. The van der Waals surface area contributed by atoms with E-state index in [9.17, 15) is 8.78 Å². The van der Waals surface area contributed by atoms with Crippen LogP contribution in [0.1, 0.15) is 5.56 Å². The monoisotopic (exact) mass is 300 g/mol. The Balaban J connectivity index is 3.27. The van der Waals surface area contributed by atoms with Crippen LogP contribution in [0.3, 0.4) is 0 Å². The summed E-state index contributed by atoms with van der Waals surface area (Å²) in [6.45, 7) is 9.82. The molecule has 0 saturated carbocycles. The largest absolute Gasteiger partial charge is 0.363 e. The molecule has 0 heterocycles. The predicted molar refractivity (Wildman–Crippen MR) is 70.2 cm³/mol. The van der Waals surface area contributed by atoms with Gasteiger partial charge in [0.15, 0.2) is 11.6 Å². The Morgan fingerprint density at radius 3 is 2.24 bits per heavy atom. The SMILES string of the molecule is C=CCN(CC=C)c1[c]c(Br)c(F)c(F)c1C. The topological polar surface area (TPSA) is 3.24 Å². The summed E-state index contributed by atoms with van der Waals surface area (Å²) in [4.78, 5) is 1.81. The highest BCUT2D eigenvalue weighted by atomic mass is 79.9. The first kappa shape index (κ1) is 13.9. The Morgan fingerprint density at radius 2 is 1.76 bits per heavy atom. The fourth-order valence-electron chi connectivity index (χ4n) is 1.50. The van der Waals surface area contributed by atoms with Crippen molar-refractivity contribution in [2.75, 3.05) is 18.0 Å². The Morgan fingerprint density at radius 1 is 1.24 bits per heavy atom. The van der Waals surface area contributed by atoms with Gasteiger partial charge in [-0.25, -0.2) is 8.78 Å². The maximum absolute atomic E-state index is 13.6. The zero-order chi connectivity index (χ0) is 13.0. The van der Waals surface area contributed by atoms with E-state index in [2.05, 4.69) is 35.2 Å². The summed E-state index contributed by atoms with van der Waals surface area (Å²) in [6.07, 6.45) is 3.37. The van der Waals surface area contributed by atoms with Crippen molar-refractivity contribution in [3.63, 3.8) is 0 Å². The summed E-state index contributed by atoms with van der Waals surface area (Å²) in [5.41, 5.74) is 0.741. The van der Waals surface area contributed by atoms with E-state index in [4.69, 9.17) is 0 Å². The van der Waals surface area contributed by atoms with Gasteiger partial charge in [0.2, 0.25) is 0 Å². The van der Waals surface area contributed by atoms with Gasteiger partial charge in [0, 0.05) is 24.7 Å². The summed E-state index contributed by atoms with van der Waals surface area (Å²) < 4.78 is 26.9. The number of hydrogen-bond donors (Lipinski definition) is 0. The third-order valence-corrected chi connectivity index (χ3v) is 2.86. The minimum Gasteiger partial charge on any atom is -0.363 e. The third-order valence-electron chi connectivity index (χ3n) is 2.31. The van der Waals surface area contributed by atoms with Gasteiger partial charge >= 0.3 is 0 Å². The minimum atomic E-state index is -0.914. The van der Waals surface area contributed by atoms with Crippen molar-refractivity contribution in [3.8, 4) is 0 Å². The molecule has 1 radical (unpaired) electrons. The smallest absolute Gasteiger partial charge is 0.174 e. The summed E-state index contributed by atoms with van der Waals surface area (Å²) in [5.74, 6) is -1.77. The van der Waals surface area contributed by atoms with Gasteiger partial charge in [-0.3, -0.25) is 0 Å². The van der Waals surface area contributed by atoms with Gasteiger partial charge in [-0.2, -0.15) is 0 Å². The number of halogens is 3. The normalized spacial score (nSPS) is 10.1. The summed E-state index contributed by atoms with van der Waals surface area (Å²) in [7, 11) is 0. The zero-order valence-corrected chi connectivity index (χ0v) is 11.2. The lowest BCUT2D eigenvalue weighted by atomic mass is 10.1. The second kappa shape index (κ2) is 5.96. The van der Waals surface area contributed by atoms with Crippen LogP contribution in [0.15, 0.2) is 29.8 Å². The maximum atomic E-state index is 13.6. The Labute approximate surface area is 109 Å². The van der Waals surface area contributed by atoms with Crippen molar-refractivity contribution in [2.24, 2.45) is 0 Å². The molecule has 0 aliphatic heterocycles. The average Bonchev–Trinajstić information content (AvgIpc) is 2.31. The molecule has 91 valence electrons. The van der Waals surface area contributed by atoms with E-state index < -0.39 is 11.6 Å². The van der Waals surface area contributed by atoms with Crippen molar-refractivity contribution in [1.29, 1.82) is 0 Å². The molecule has 0 amide bonds. The lowest BCUT2D eigenvalue weighted by molar-refractivity contribution is 0.498. The number of rotatable bonds is 5. The molecule has 0 aliphatic carbocycles. The Hall–Kier alpha value is -1.16. The van der Waals surface area contributed by atoms with Crippen molar-refractivity contribution in [3.05, 3.63) is 53.0 Å². The first-order valence-electron chi connectivity index (χ1n) is 5.06. The number of benzene rings is 1. The van der Waals surface area contributed by atoms with E-state index in [0.717, 1.165) is 0 Å². The fraction of sp³-hybridized carbons (Fsp3) is 0.231. The molecule has 1 aromatic rings. The molecule has 4 heteroatoms. The van der Waals surface area contributed by atoms with Crippen LogP contribution < -0.4 is 4.90 Å². The molecule has 0 aromatic heterocycles. The average molecular weight is 301 g/mol. The van der Waals surface area contributed by atoms with Crippen LogP contribution >= 0.6 is 15.9 Å². The Bertz CT molecular complexity index is 434. The molecule has 0 unspecified atom stereocenters. The van der Waals surface area contributed by atoms with E-state index in [1.54, 1.807) is 12.2 Å². The quantitative estimate of drug-likeness (QED) is 0.586. The van der Waals surface area contributed by atoms with E-state index in [1.165, 1.54) is 6.92 Å². The maximum Gasteiger partial charge on any atom is 0.174 e. The van der Waals surface area contributed by atoms with Gasteiger partial charge in [0.25, 0.3) is 0 Å². The van der Waals surface area contributed by atoms with Gasteiger partial charge in [0.05, 0.1) is 10.2 Å². The number of nitrogens with zero attached hydrogens (tertiary/aromatic N) is 1. The zero-order valence-electron chi connectivity index (χ0n) is 9.56. The molecule has 0 spiro atoms. The number of anilines is 1. The lowest BCUT2D eigenvalue weighted by Gasteiger charge is -2.24. The fourth-order valence-corrected chi connectivity index (χ4v) is 1.86.